The predicted molar refractivity (Wildman–Crippen MR) is 82.1 cm³/mol. The van der Waals surface area contributed by atoms with Gasteiger partial charge in [0.25, 0.3) is 5.91 Å². The molecule has 1 aromatic carbocycles. The number of benzene rings is 1. The van der Waals surface area contributed by atoms with E-state index in [0.717, 1.165) is 23.6 Å². The summed E-state index contributed by atoms with van der Waals surface area (Å²) < 4.78 is 0. The van der Waals surface area contributed by atoms with Gasteiger partial charge in [-0.2, -0.15) is 0 Å². The van der Waals surface area contributed by atoms with Gasteiger partial charge in [0, 0.05) is 18.1 Å². The molecule has 1 fully saturated rings. The van der Waals surface area contributed by atoms with E-state index in [2.05, 4.69) is 4.98 Å². The highest BCUT2D eigenvalue weighted by molar-refractivity contribution is 6.05. The predicted octanol–water partition coefficient (Wildman–Crippen LogP) is 2.61. The number of pyridine rings is 1. The molecule has 1 aromatic heterocycles. The minimum absolute atomic E-state index is 0.0866. The zero-order valence-corrected chi connectivity index (χ0v) is 12.4. The van der Waals surface area contributed by atoms with Gasteiger partial charge in [-0.1, -0.05) is 24.3 Å². The van der Waals surface area contributed by atoms with Crippen LogP contribution in [0.4, 0.5) is 0 Å². The van der Waals surface area contributed by atoms with Gasteiger partial charge in [-0.05, 0) is 38.1 Å². The van der Waals surface area contributed by atoms with Crippen molar-refractivity contribution in [1.82, 2.24) is 9.88 Å². The molecule has 1 amide bonds. The lowest BCUT2D eigenvalue weighted by Gasteiger charge is -2.33. The maximum atomic E-state index is 12.9. The summed E-state index contributed by atoms with van der Waals surface area (Å²) in [6.45, 7) is 4.21. The van der Waals surface area contributed by atoms with Crippen molar-refractivity contribution in [2.45, 2.75) is 38.3 Å². The normalized spacial score (nSPS) is 19.2. The fourth-order valence-corrected chi connectivity index (χ4v) is 3.17. The van der Waals surface area contributed by atoms with Crippen molar-refractivity contribution >= 4 is 16.7 Å². The third-order valence-corrected chi connectivity index (χ3v) is 4.21. The van der Waals surface area contributed by atoms with E-state index in [4.69, 9.17) is 0 Å². The summed E-state index contributed by atoms with van der Waals surface area (Å²) in [6, 6.07) is 9.52. The highest BCUT2D eigenvalue weighted by Gasteiger charge is 2.39. The van der Waals surface area contributed by atoms with E-state index in [1.165, 1.54) is 0 Å². The van der Waals surface area contributed by atoms with Crippen molar-refractivity contribution in [3.63, 3.8) is 0 Å². The number of amides is 1. The van der Waals surface area contributed by atoms with Gasteiger partial charge in [-0.25, -0.2) is 0 Å². The maximum absolute atomic E-state index is 12.9. The van der Waals surface area contributed by atoms with Gasteiger partial charge in [0.2, 0.25) is 0 Å². The minimum Gasteiger partial charge on any atom is -0.388 e. The van der Waals surface area contributed by atoms with Crippen molar-refractivity contribution in [2.75, 3.05) is 6.54 Å². The monoisotopic (exact) mass is 284 g/mol. The smallest absolute Gasteiger partial charge is 0.273 e. The average molecular weight is 284 g/mol. The van der Waals surface area contributed by atoms with Crippen LogP contribution in [-0.2, 0) is 0 Å². The molecule has 4 heteroatoms. The number of aliphatic hydroxyl groups is 1. The fourth-order valence-electron chi connectivity index (χ4n) is 3.17. The molecule has 2 aromatic rings. The lowest BCUT2D eigenvalue weighted by atomic mass is 9.96. The second-order valence-electron chi connectivity index (χ2n) is 6.19. The molecule has 21 heavy (non-hydrogen) atoms. The molecule has 0 bridgehead atoms. The molecule has 0 radical (unpaired) electrons. The Balaban J connectivity index is 2.01. The Morgan fingerprint density at radius 2 is 2.10 bits per heavy atom. The van der Waals surface area contributed by atoms with Crippen molar-refractivity contribution < 1.29 is 9.90 Å². The van der Waals surface area contributed by atoms with Crippen LogP contribution in [0.25, 0.3) is 10.8 Å². The van der Waals surface area contributed by atoms with Crippen molar-refractivity contribution in [3.05, 3.63) is 42.2 Å². The molecule has 1 unspecified atom stereocenters. The Labute approximate surface area is 124 Å². The van der Waals surface area contributed by atoms with Crippen LogP contribution in [0.15, 0.2) is 36.5 Å². The minimum atomic E-state index is -0.892. The summed E-state index contributed by atoms with van der Waals surface area (Å²) in [5.74, 6) is -0.0866. The summed E-state index contributed by atoms with van der Waals surface area (Å²) in [5, 5.41) is 12.2. The lowest BCUT2D eigenvalue weighted by molar-refractivity contribution is 0.000201. The van der Waals surface area contributed by atoms with Crippen molar-refractivity contribution in [2.24, 2.45) is 0 Å². The molecular weight excluding hydrogens is 264 g/mol. The van der Waals surface area contributed by atoms with Gasteiger partial charge in [0.1, 0.15) is 5.69 Å². The molecule has 0 spiro atoms. The molecular formula is C17H20N2O2. The first-order valence-corrected chi connectivity index (χ1v) is 7.35. The third-order valence-electron chi connectivity index (χ3n) is 4.21. The second kappa shape index (κ2) is 5.11. The molecule has 3 rings (SSSR count). The third kappa shape index (κ3) is 2.51. The molecule has 0 aliphatic carbocycles. The number of hydrogen-bond acceptors (Lipinski definition) is 3. The van der Waals surface area contributed by atoms with Gasteiger partial charge in [-0.15, -0.1) is 0 Å². The molecule has 1 saturated heterocycles. The van der Waals surface area contributed by atoms with Crippen LogP contribution in [0.3, 0.4) is 0 Å². The lowest BCUT2D eigenvalue weighted by Crippen LogP contribution is -2.48. The topological polar surface area (TPSA) is 53.4 Å². The number of carbonyl (C=O) groups excluding carboxylic acids is 1. The number of hydrogen-bond donors (Lipinski definition) is 1. The van der Waals surface area contributed by atoms with Gasteiger partial charge in [0.15, 0.2) is 0 Å². The Morgan fingerprint density at radius 3 is 2.86 bits per heavy atom. The maximum Gasteiger partial charge on any atom is 0.273 e. The number of rotatable bonds is 2. The molecule has 4 nitrogen and oxygen atoms in total. The Hall–Kier alpha value is -1.94. The number of nitrogens with zero attached hydrogens (tertiary/aromatic N) is 2. The standard InChI is InChI=1S/C17H20N2O2/c1-17(2,21)14-8-5-11-19(14)16(20)15-13-7-4-3-6-12(13)9-10-18-15/h3-4,6-7,9-10,14,21H,5,8,11H2,1-2H3. The summed E-state index contributed by atoms with van der Waals surface area (Å²) in [7, 11) is 0. The van der Waals surface area contributed by atoms with Gasteiger partial charge >= 0.3 is 0 Å². The quantitative estimate of drug-likeness (QED) is 0.922. The summed E-state index contributed by atoms with van der Waals surface area (Å²) >= 11 is 0. The van der Waals surface area contributed by atoms with Gasteiger partial charge in [0.05, 0.1) is 11.6 Å². The van der Waals surface area contributed by atoms with E-state index in [9.17, 15) is 9.90 Å². The van der Waals surface area contributed by atoms with Crippen LogP contribution in [0.2, 0.25) is 0 Å². The second-order valence-corrected chi connectivity index (χ2v) is 6.19. The number of carbonyl (C=O) groups is 1. The highest BCUT2D eigenvalue weighted by atomic mass is 16.3. The zero-order chi connectivity index (χ0) is 15.0. The molecule has 110 valence electrons. The van der Waals surface area contributed by atoms with Crippen LogP contribution in [0.5, 0.6) is 0 Å². The summed E-state index contributed by atoms with van der Waals surface area (Å²) in [4.78, 5) is 18.9. The molecule has 1 atom stereocenters. The SMILES string of the molecule is CC(C)(O)C1CCCN1C(=O)c1nccc2ccccc12. The van der Waals surface area contributed by atoms with Crippen molar-refractivity contribution in [1.29, 1.82) is 0 Å². The largest absolute Gasteiger partial charge is 0.388 e. The van der Waals surface area contributed by atoms with Gasteiger partial charge < -0.3 is 10.0 Å². The first-order chi connectivity index (χ1) is 9.98. The number of aromatic nitrogens is 1. The summed E-state index contributed by atoms with van der Waals surface area (Å²) in [6.07, 6.45) is 3.43. The van der Waals surface area contributed by atoms with E-state index >= 15 is 0 Å². The highest BCUT2D eigenvalue weighted by Crippen LogP contribution is 2.29. The Kier molecular flexibility index (Phi) is 3.41. The van der Waals surface area contributed by atoms with Crippen LogP contribution in [0.1, 0.15) is 37.2 Å². The van der Waals surface area contributed by atoms with Crippen molar-refractivity contribution in [3.8, 4) is 0 Å². The van der Waals surface area contributed by atoms with E-state index in [1.807, 2.05) is 30.3 Å². The molecule has 1 aliphatic heterocycles. The van der Waals surface area contributed by atoms with Crippen LogP contribution in [-0.4, -0.2) is 39.1 Å². The van der Waals surface area contributed by atoms with E-state index < -0.39 is 5.60 Å². The Bertz CT molecular complexity index is 671. The summed E-state index contributed by atoms with van der Waals surface area (Å²) in [5.41, 5.74) is -0.416. The zero-order valence-electron chi connectivity index (χ0n) is 12.4. The average Bonchev–Trinajstić information content (AvgIpc) is 2.95. The molecule has 1 aliphatic rings. The fraction of sp³-hybridized carbons (Fsp3) is 0.412. The van der Waals surface area contributed by atoms with E-state index in [-0.39, 0.29) is 11.9 Å². The van der Waals surface area contributed by atoms with Crippen LogP contribution in [0, 0.1) is 0 Å². The van der Waals surface area contributed by atoms with Crippen LogP contribution >= 0.6 is 0 Å². The van der Waals surface area contributed by atoms with Crippen LogP contribution < -0.4 is 0 Å². The number of likely N-dealkylation sites (tertiary alicyclic amines) is 1. The Morgan fingerprint density at radius 1 is 1.33 bits per heavy atom. The first kappa shape index (κ1) is 14.0. The molecule has 2 heterocycles. The molecule has 1 N–H and O–H groups in total. The molecule has 0 saturated carbocycles. The first-order valence-electron chi connectivity index (χ1n) is 7.35. The van der Waals surface area contributed by atoms with Gasteiger partial charge in [-0.3, -0.25) is 9.78 Å². The van der Waals surface area contributed by atoms with E-state index in [1.54, 1.807) is 24.9 Å². The van der Waals surface area contributed by atoms with E-state index in [0.29, 0.717) is 12.2 Å². The number of fused-ring (bicyclic) bond motifs is 1.